The second-order valence-corrected chi connectivity index (χ2v) is 4.68. The lowest BCUT2D eigenvalue weighted by Crippen LogP contribution is -2.23. The van der Waals surface area contributed by atoms with Gasteiger partial charge in [0.15, 0.2) is 5.82 Å². The normalized spacial score (nSPS) is 15.4. The number of aliphatic imine (C=N–C) groups is 1. The molecule has 0 saturated heterocycles. The van der Waals surface area contributed by atoms with Crippen molar-refractivity contribution >= 4 is 24.8 Å². The van der Waals surface area contributed by atoms with E-state index in [1.54, 1.807) is 12.5 Å². The Morgan fingerprint density at radius 2 is 2.33 bits per heavy atom. The number of aliphatic hydroxyl groups excluding tert-OH is 1. The van der Waals surface area contributed by atoms with Gasteiger partial charge in [0.1, 0.15) is 5.82 Å². The number of hydrogen-bond donors (Lipinski definition) is 2. The maximum Gasteiger partial charge on any atom is 0.162 e. The Balaban J connectivity index is 2.23. The van der Waals surface area contributed by atoms with Crippen LogP contribution >= 0.6 is 12.6 Å². The van der Waals surface area contributed by atoms with Crippen molar-refractivity contribution in [2.45, 2.75) is 26.8 Å². The number of thiol groups is 1. The van der Waals surface area contributed by atoms with Crippen LogP contribution in [0.3, 0.4) is 0 Å². The number of allylic oxidation sites excluding steroid dienone is 1. The third-order valence-corrected chi connectivity index (χ3v) is 3.37. The van der Waals surface area contributed by atoms with Crippen LogP contribution in [0.1, 0.15) is 24.7 Å². The van der Waals surface area contributed by atoms with Crippen molar-refractivity contribution in [1.82, 2.24) is 14.9 Å². The summed E-state index contributed by atoms with van der Waals surface area (Å²) in [6.07, 6.45) is 4.10. The quantitative estimate of drug-likeness (QED) is 0.817. The second-order valence-electron chi connectivity index (χ2n) is 4.14. The van der Waals surface area contributed by atoms with Gasteiger partial charge in [0.25, 0.3) is 0 Å². The summed E-state index contributed by atoms with van der Waals surface area (Å²) in [6.45, 7) is 4.59. The minimum absolute atomic E-state index is 0.0973. The molecule has 0 amide bonds. The average Bonchev–Trinajstić information content (AvgIpc) is 2.37. The summed E-state index contributed by atoms with van der Waals surface area (Å²) in [5, 5.41) is 8.92. The highest BCUT2D eigenvalue weighted by Gasteiger charge is 2.16. The van der Waals surface area contributed by atoms with Crippen LogP contribution in [0.5, 0.6) is 0 Å². The fourth-order valence-electron chi connectivity index (χ4n) is 1.71. The van der Waals surface area contributed by atoms with Crippen molar-refractivity contribution in [3.05, 3.63) is 28.2 Å². The number of aliphatic hydroxyl groups is 1. The molecule has 0 saturated carbocycles. The molecule has 0 aromatic carbocycles. The Morgan fingerprint density at radius 1 is 1.56 bits per heavy atom. The van der Waals surface area contributed by atoms with Gasteiger partial charge in [-0.2, -0.15) is 0 Å². The molecule has 0 atom stereocenters. The molecule has 2 heterocycles. The van der Waals surface area contributed by atoms with Gasteiger partial charge in [-0.15, -0.1) is 12.6 Å². The lowest BCUT2D eigenvalue weighted by Gasteiger charge is -2.25. The molecule has 6 heteroatoms. The molecule has 0 aliphatic carbocycles. The van der Waals surface area contributed by atoms with Crippen molar-refractivity contribution in [3.8, 4) is 0 Å². The number of hydrogen-bond acceptors (Lipinski definition) is 6. The number of fused-ring (bicyclic) bond motifs is 1. The summed E-state index contributed by atoms with van der Waals surface area (Å²) in [6, 6.07) is 0. The molecule has 1 aromatic rings. The van der Waals surface area contributed by atoms with Crippen LogP contribution in [0.4, 0.5) is 5.82 Å². The summed E-state index contributed by atoms with van der Waals surface area (Å²) in [5.74, 6) is 1.45. The smallest absolute Gasteiger partial charge is 0.162 e. The van der Waals surface area contributed by atoms with Crippen LogP contribution in [-0.2, 0) is 6.54 Å². The van der Waals surface area contributed by atoms with Gasteiger partial charge in [-0.3, -0.25) is 0 Å². The van der Waals surface area contributed by atoms with E-state index in [9.17, 15) is 0 Å². The van der Waals surface area contributed by atoms with Gasteiger partial charge < -0.3 is 10.0 Å². The lowest BCUT2D eigenvalue weighted by atomic mass is 10.2. The molecule has 2 rings (SSSR count). The largest absolute Gasteiger partial charge is 0.396 e. The van der Waals surface area contributed by atoms with Crippen LogP contribution < -0.4 is 0 Å². The fraction of sp³-hybridized carbons (Fsp3) is 0.417. The van der Waals surface area contributed by atoms with Crippen molar-refractivity contribution in [3.63, 3.8) is 0 Å². The van der Waals surface area contributed by atoms with Crippen LogP contribution in [0.25, 0.3) is 0 Å². The van der Waals surface area contributed by atoms with Gasteiger partial charge in [0.05, 0.1) is 12.9 Å². The highest BCUT2D eigenvalue weighted by Crippen LogP contribution is 2.25. The van der Waals surface area contributed by atoms with Gasteiger partial charge in [-0.1, -0.05) is 0 Å². The average molecular weight is 264 g/mol. The monoisotopic (exact) mass is 264 g/mol. The van der Waals surface area contributed by atoms with Gasteiger partial charge in [0.2, 0.25) is 0 Å². The summed E-state index contributed by atoms with van der Waals surface area (Å²) in [7, 11) is 0. The van der Waals surface area contributed by atoms with E-state index in [1.807, 2.05) is 18.7 Å². The van der Waals surface area contributed by atoms with Crippen molar-refractivity contribution in [2.24, 2.45) is 4.99 Å². The predicted octanol–water partition coefficient (Wildman–Crippen LogP) is 1.80. The van der Waals surface area contributed by atoms with Gasteiger partial charge >= 0.3 is 0 Å². The summed E-state index contributed by atoms with van der Waals surface area (Å²) < 4.78 is 0. The maximum atomic E-state index is 8.92. The van der Waals surface area contributed by atoms with E-state index >= 15 is 0 Å². The minimum atomic E-state index is 0.0973. The van der Waals surface area contributed by atoms with Crippen molar-refractivity contribution in [1.29, 1.82) is 0 Å². The third-order valence-electron chi connectivity index (χ3n) is 2.82. The molecule has 0 bridgehead atoms. The van der Waals surface area contributed by atoms with Crippen molar-refractivity contribution in [2.75, 3.05) is 6.61 Å². The van der Waals surface area contributed by atoms with E-state index < -0.39 is 0 Å². The Morgan fingerprint density at radius 3 is 3.06 bits per heavy atom. The fourth-order valence-corrected chi connectivity index (χ4v) is 1.94. The Kier molecular flexibility index (Phi) is 3.98. The standard InChI is InChI=1S/C12H16N4OS/c1-8(11(18)3-4-17)16-6-10-5-13-9(2)15-12(10)14-7-16/h5,7,17-18H,3-4,6H2,1-2H3/b11-8-. The van der Waals surface area contributed by atoms with Gasteiger partial charge in [-0.25, -0.2) is 15.0 Å². The number of nitrogens with zero attached hydrogens (tertiary/aromatic N) is 4. The molecule has 18 heavy (non-hydrogen) atoms. The van der Waals surface area contributed by atoms with Crippen LogP contribution in [0.2, 0.25) is 0 Å². The maximum absolute atomic E-state index is 8.92. The zero-order valence-electron chi connectivity index (χ0n) is 10.5. The van der Waals surface area contributed by atoms with Gasteiger partial charge in [-0.05, 0) is 13.8 Å². The first-order valence-corrected chi connectivity index (χ1v) is 6.19. The van der Waals surface area contributed by atoms with E-state index in [0.717, 1.165) is 27.8 Å². The zero-order chi connectivity index (χ0) is 13.1. The van der Waals surface area contributed by atoms with Crippen molar-refractivity contribution < 1.29 is 5.11 Å². The van der Waals surface area contributed by atoms with E-state index in [-0.39, 0.29) is 6.61 Å². The summed E-state index contributed by atoms with van der Waals surface area (Å²) in [5.41, 5.74) is 1.98. The molecule has 1 N–H and O–H groups in total. The van der Waals surface area contributed by atoms with E-state index in [1.165, 1.54) is 0 Å². The molecule has 0 radical (unpaired) electrons. The highest BCUT2D eigenvalue weighted by atomic mass is 32.1. The number of rotatable bonds is 3. The number of aromatic nitrogens is 2. The molecule has 1 aliphatic heterocycles. The second kappa shape index (κ2) is 5.49. The molecule has 96 valence electrons. The Hall–Kier alpha value is -1.40. The molecule has 5 nitrogen and oxygen atoms in total. The molecule has 0 spiro atoms. The van der Waals surface area contributed by atoms with E-state index in [4.69, 9.17) is 5.11 Å². The number of aryl methyl sites for hydroxylation is 1. The third kappa shape index (κ3) is 2.70. The Labute approximate surface area is 112 Å². The van der Waals surface area contributed by atoms with Crippen LogP contribution in [-0.4, -0.2) is 32.9 Å². The first kappa shape index (κ1) is 13.0. The summed E-state index contributed by atoms with van der Waals surface area (Å²) in [4.78, 5) is 15.6. The molecule has 0 fully saturated rings. The van der Waals surface area contributed by atoms with Gasteiger partial charge in [0, 0.05) is 35.4 Å². The lowest BCUT2D eigenvalue weighted by molar-refractivity contribution is 0.300. The molecule has 1 aromatic heterocycles. The molecule has 1 aliphatic rings. The topological polar surface area (TPSA) is 61.6 Å². The molecular formula is C12H16N4OS. The molecular weight excluding hydrogens is 248 g/mol. The highest BCUT2D eigenvalue weighted by molar-refractivity contribution is 7.84. The van der Waals surface area contributed by atoms with Crippen LogP contribution in [0, 0.1) is 6.92 Å². The minimum Gasteiger partial charge on any atom is -0.396 e. The van der Waals surface area contributed by atoms with Crippen LogP contribution in [0.15, 0.2) is 21.8 Å². The zero-order valence-corrected chi connectivity index (χ0v) is 11.4. The first-order valence-electron chi connectivity index (χ1n) is 5.74. The summed E-state index contributed by atoms with van der Waals surface area (Å²) >= 11 is 4.39. The van der Waals surface area contributed by atoms with E-state index in [2.05, 4.69) is 27.6 Å². The SMILES string of the molecule is C/C(=C(/S)CCO)N1C=Nc2nc(C)ncc2C1. The molecule has 0 unspecified atom stereocenters. The predicted molar refractivity (Wildman–Crippen MR) is 73.9 cm³/mol. The van der Waals surface area contributed by atoms with E-state index in [0.29, 0.717) is 13.0 Å². The Bertz CT molecular complexity index is 513. The first-order chi connectivity index (χ1) is 8.61.